The number of aliphatic imine (C=N–C) groups is 1. The average molecular weight is 321 g/mol. The first-order chi connectivity index (χ1) is 11.3. The minimum absolute atomic E-state index is 0.132. The van der Waals surface area contributed by atoms with Gasteiger partial charge >= 0.3 is 0 Å². The Balaban J connectivity index is 2.18. The highest BCUT2D eigenvalue weighted by Gasteiger charge is 2.04. The van der Waals surface area contributed by atoms with Gasteiger partial charge in [0.15, 0.2) is 5.96 Å². The van der Waals surface area contributed by atoms with Crippen LogP contribution in [0.2, 0.25) is 0 Å². The monoisotopic (exact) mass is 321 g/mol. The van der Waals surface area contributed by atoms with Gasteiger partial charge in [0.1, 0.15) is 0 Å². The Hall–Kier alpha value is -1.59. The number of guanidine groups is 1. The molecular formula is C18H31N3O2. The van der Waals surface area contributed by atoms with Crippen LogP contribution in [0.5, 0.6) is 0 Å². The van der Waals surface area contributed by atoms with Crippen LogP contribution in [-0.2, 0) is 9.47 Å². The van der Waals surface area contributed by atoms with Crippen LogP contribution in [0.15, 0.2) is 35.3 Å². The Morgan fingerprint density at radius 2 is 1.91 bits per heavy atom. The molecule has 0 saturated heterocycles. The Morgan fingerprint density at radius 3 is 2.61 bits per heavy atom. The molecule has 5 heteroatoms. The summed E-state index contributed by atoms with van der Waals surface area (Å²) in [5, 5.41) is 6.57. The number of hydrogen-bond donors (Lipinski definition) is 2. The Labute approximate surface area is 140 Å². The van der Waals surface area contributed by atoms with Gasteiger partial charge < -0.3 is 20.1 Å². The minimum Gasteiger partial charge on any atom is -0.385 e. The van der Waals surface area contributed by atoms with E-state index in [-0.39, 0.29) is 6.10 Å². The second kappa shape index (κ2) is 12.9. The molecule has 0 radical (unpaired) electrons. The normalized spacial score (nSPS) is 12.9. The van der Waals surface area contributed by atoms with Gasteiger partial charge in [-0.3, -0.25) is 4.99 Å². The van der Waals surface area contributed by atoms with Crippen LogP contribution in [0.3, 0.4) is 0 Å². The summed E-state index contributed by atoms with van der Waals surface area (Å²) in [6.45, 7) is 8.10. The number of benzene rings is 1. The third-order valence-corrected chi connectivity index (χ3v) is 3.37. The van der Waals surface area contributed by atoms with Crippen molar-refractivity contribution in [3.63, 3.8) is 0 Å². The SMILES string of the molecule is CCNC(=NCCCOC)NCCCOC(C)c1ccccc1. The lowest BCUT2D eigenvalue weighted by atomic mass is 10.1. The van der Waals surface area contributed by atoms with Gasteiger partial charge in [0, 0.05) is 40.0 Å². The predicted molar refractivity (Wildman–Crippen MR) is 95.9 cm³/mol. The molecule has 0 saturated carbocycles. The Kier molecular flexibility index (Phi) is 10.9. The van der Waals surface area contributed by atoms with Crippen molar-refractivity contribution in [3.05, 3.63) is 35.9 Å². The Bertz CT molecular complexity index is 424. The Morgan fingerprint density at radius 1 is 1.13 bits per heavy atom. The van der Waals surface area contributed by atoms with Crippen LogP contribution in [0.1, 0.15) is 38.4 Å². The first kappa shape index (κ1) is 19.5. The van der Waals surface area contributed by atoms with Gasteiger partial charge in [-0.1, -0.05) is 30.3 Å². The van der Waals surface area contributed by atoms with E-state index in [2.05, 4.69) is 41.6 Å². The van der Waals surface area contributed by atoms with Crippen LogP contribution < -0.4 is 10.6 Å². The van der Waals surface area contributed by atoms with Crippen molar-refractivity contribution in [1.29, 1.82) is 0 Å². The van der Waals surface area contributed by atoms with Gasteiger partial charge in [0.2, 0.25) is 0 Å². The molecule has 0 fully saturated rings. The maximum Gasteiger partial charge on any atom is 0.191 e. The topological polar surface area (TPSA) is 54.9 Å². The van der Waals surface area contributed by atoms with Crippen LogP contribution in [0.4, 0.5) is 0 Å². The van der Waals surface area contributed by atoms with E-state index in [4.69, 9.17) is 9.47 Å². The molecule has 5 nitrogen and oxygen atoms in total. The van der Waals surface area contributed by atoms with Gasteiger partial charge in [-0.05, 0) is 32.3 Å². The number of rotatable bonds is 11. The highest BCUT2D eigenvalue weighted by molar-refractivity contribution is 5.79. The van der Waals surface area contributed by atoms with Crippen molar-refractivity contribution >= 4 is 5.96 Å². The number of methoxy groups -OCH3 is 1. The molecule has 23 heavy (non-hydrogen) atoms. The van der Waals surface area contributed by atoms with Crippen molar-refractivity contribution in [2.45, 2.75) is 32.8 Å². The van der Waals surface area contributed by atoms with E-state index in [9.17, 15) is 0 Å². The van der Waals surface area contributed by atoms with Gasteiger partial charge in [0.25, 0.3) is 0 Å². The zero-order valence-corrected chi connectivity index (χ0v) is 14.7. The summed E-state index contributed by atoms with van der Waals surface area (Å²) < 4.78 is 10.9. The molecule has 0 aromatic heterocycles. The molecule has 0 spiro atoms. The molecule has 0 aliphatic rings. The highest BCUT2D eigenvalue weighted by atomic mass is 16.5. The van der Waals surface area contributed by atoms with Crippen LogP contribution in [0, 0.1) is 0 Å². The second-order valence-electron chi connectivity index (χ2n) is 5.31. The zero-order chi connectivity index (χ0) is 16.8. The van der Waals surface area contributed by atoms with E-state index in [1.165, 1.54) is 5.56 Å². The van der Waals surface area contributed by atoms with E-state index in [0.29, 0.717) is 0 Å². The fraction of sp³-hybridized carbons (Fsp3) is 0.611. The molecular weight excluding hydrogens is 290 g/mol. The van der Waals surface area contributed by atoms with E-state index >= 15 is 0 Å². The lowest BCUT2D eigenvalue weighted by Gasteiger charge is -2.14. The number of hydrogen-bond acceptors (Lipinski definition) is 3. The first-order valence-electron chi connectivity index (χ1n) is 8.45. The van der Waals surface area contributed by atoms with Crippen molar-refractivity contribution in [3.8, 4) is 0 Å². The molecule has 1 rings (SSSR count). The smallest absolute Gasteiger partial charge is 0.191 e. The largest absolute Gasteiger partial charge is 0.385 e. The summed E-state index contributed by atoms with van der Waals surface area (Å²) >= 11 is 0. The van der Waals surface area contributed by atoms with Crippen molar-refractivity contribution in [1.82, 2.24) is 10.6 Å². The molecule has 0 aliphatic carbocycles. The summed E-state index contributed by atoms with van der Waals surface area (Å²) in [7, 11) is 1.71. The molecule has 1 aromatic rings. The number of ether oxygens (including phenoxy) is 2. The third-order valence-electron chi connectivity index (χ3n) is 3.37. The first-order valence-corrected chi connectivity index (χ1v) is 8.45. The number of nitrogens with zero attached hydrogens (tertiary/aromatic N) is 1. The predicted octanol–water partition coefficient (Wildman–Crippen LogP) is 2.75. The van der Waals surface area contributed by atoms with Crippen LogP contribution >= 0.6 is 0 Å². The number of nitrogens with one attached hydrogen (secondary N) is 2. The van der Waals surface area contributed by atoms with Crippen molar-refractivity contribution in [2.24, 2.45) is 4.99 Å². The molecule has 2 N–H and O–H groups in total. The molecule has 1 aromatic carbocycles. The lowest BCUT2D eigenvalue weighted by molar-refractivity contribution is 0.0646. The maximum absolute atomic E-state index is 5.87. The summed E-state index contributed by atoms with van der Waals surface area (Å²) in [5.74, 6) is 0.861. The van der Waals surface area contributed by atoms with E-state index in [0.717, 1.165) is 51.6 Å². The lowest BCUT2D eigenvalue weighted by Crippen LogP contribution is -2.38. The summed E-state index contributed by atoms with van der Waals surface area (Å²) in [6.07, 6.45) is 2.01. The maximum atomic E-state index is 5.87. The molecule has 0 bridgehead atoms. The minimum atomic E-state index is 0.132. The van der Waals surface area contributed by atoms with Crippen LogP contribution in [0.25, 0.3) is 0 Å². The fourth-order valence-electron chi connectivity index (χ4n) is 2.10. The molecule has 0 amide bonds. The highest BCUT2D eigenvalue weighted by Crippen LogP contribution is 2.15. The van der Waals surface area contributed by atoms with Gasteiger partial charge in [-0.25, -0.2) is 0 Å². The summed E-state index contributed by atoms with van der Waals surface area (Å²) in [6, 6.07) is 10.3. The van der Waals surface area contributed by atoms with Gasteiger partial charge in [-0.15, -0.1) is 0 Å². The van der Waals surface area contributed by atoms with E-state index in [1.54, 1.807) is 7.11 Å². The summed E-state index contributed by atoms with van der Waals surface area (Å²) in [5.41, 5.74) is 1.22. The molecule has 0 aliphatic heterocycles. The average Bonchev–Trinajstić information content (AvgIpc) is 2.58. The summed E-state index contributed by atoms with van der Waals surface area (Å²) in [4.78, 5) is 4.50. The van der Waals surface area contributed by atoms with Crippen molar-refractivity contribution in [2.75, 3.05) is 40.0 Å². The molecule has 1 atom stereocenters. The van der Waals surface area contributed by atoms with Crippen molar-refractivity contribution < 1.29 is 9.47 Å². The molecule has 130 valence electrons. The van der Waals surface area contributed by atoms with Gasteiger partial charge in [-0.2, -0.15) is 0 Å². The second-order valence-corrected chi connectivity index (χ2v) is 5.31. The zero-order valence-electron chi connectivity index (χ0n) is 14.7. The third kappa shape index (κ3) is 9.21. The van der Waals surface area contributed by atoms with E-state index < -0.39 is 0 Å². The fourth-order valence-corrected chi connectivity index (χ4v) is 2.10. The standard InChI is InChI=1S/C18H31N3O2/c1-4-19-18(20-12-8-14-22-3)21-13-9-15-23-16(2)17-10-6-5-7-11-17/h5-7,10-11,16H,4,8-9,12-15H2,1-3H3,(H2,19,20,21). The molecule has 0 heterocycles. The molecule has 1 unspecified atom stereocenters. The van der Waals surface area contributed by atoms with E-state index in [1.807, 2.05) is 18.2 Å². The van der Waals surface area contributed by atoms with Gasteiger partial charge in [0.05, 0.1) is 6.10 Å². The quantitative estimate of drug-likeness (QED) is 0.374. The van der Waals surface area contributed by atoms with Crippen LogP contribution in [-0.4, -0.2) is 45.9 Å².